The molecule has 2 rings (SSSR count). The third-order valence-electron chi connectivity index (χ3n) is 2.64. The average molecular weight is 372 g/mol. The Balaban J connectivity index is 2.10. The Hall–Kier alpha value is -1.55. The van der Waals surface area contributed by atoms with Gasteiger partial charge in [0.15, 0.2) is 5.82 Å². The van der Waals surface area contributed by atoms with Gasteiger partial charge in [-0.2, -0.15) is 0 Å². The lowest BCUT2D eigenvalue weighted by Gasteiger charge is -2.10. The Morgan fingerprint density at radius 2 is 2.10 bits per heavy atom. The molecule has 0 aliphatic rings. The Labute approximate surface area is 131 Å². The summed E-state index contributed by atoms with van der Waals surface area (Å²) >= 11 is 3.19. The fourth-order valence-corrected chi connectivity index (χ4v) is 3.33. The summed E-state index contributed by atoms with van der Waals surface area (Å²) in [4.78, 5) is 8.03. The lowest BCUT2D eigenvalue weighted by Crippen LogP contribution is -2.28. The largest absolute Gasteiger partial charge is 0.307 e. The van der Waals surface area contributed by atoms with Gasteiger partial charge in [-0.05, 0) is 34.1 Å². The summed E-state index contributed by atoms with van der Waals surface area (Å²) in [7, 11) is -3.71. The second-order valence-electron chi connectivity index (χ2n) is 4.11. The van der Waals surface area contributed by atoms with Gasteiger partial charge >= 0.3 is 0 Å². The van der Waals surface area contributed by atoms with Crippen LogP contribution in [0.5, 0.6) is 0 Å². The summed E-state index contributed by atoms with van der Waals surface area (Å²) in [6.07, 6.45) is 3.62. The van der Waals surface area contributed by atoms with Gasteiger partial charge < -0.3 is 5.43 Å². The van der Waals surface area contributed by atoms with E-state index in [0.717, 1.165) is 5.69 Å². The van der Waals surface area contributed by atoms with Crippen molar-refractivity contribution in [2.45, 2.75) is 11.3 Å². The van der Waals surface area contributed by atoms with Crippen LogP contribution in [-0.2, 0) is 16.4 Å². The summed E-state index contributed by atoms with van der Waals surface area (Å²) in [5.74, 6) is 5.37. The maximum Gasteiger partial charge on any atom is 0.244 e. The van der Waals surface area contributed by atoms with Crippen LogP contribution in [0.3, 0.4) is 0 Å². The molecular formula is C12H14BrN5O2S. The molecule has 9 heteroatoms. The SMILES string of the molecule is NNc1ncc(Br)cc1S(=O)(=O)NCCc1ccccn1. The molecule has 2 aromatic heterocycles. The lowest BCUT2D eigenvalue weighted by molar-refractivity contribution is 0.581. The zero-order valence-corrected chi connectivity index (χ0v) is 13.4. The van der Waals surface area contributed by atoms with Crippen molar-refractivity contribution < 1.29 is 8.42 Å². The van der Waals surface area contributed by atoms with E-state index in [4.69, 9.17) is 5.84 Å². The summed E-state index contributed by atoms with van der Waals surface area (Å²) in [5, 5.41) is 0. The third kappa shape index (κ3) is 4.21. The van der Waals surface area contributed by atoms with E-state index in [2.05, 4.69) is 36.0 Å². The van der Waals surface area contributed by atoms with E-state index in [-0.39, 0.29) is 17.3 Å². The first-order valence-electron chi connectivity index (χ1n) is 6.04. The molecule has 0 atom stereocenters. The minimum Gasteiger partial charge on any atom is -0.307 e. The summed E-state index contributed by atoms with van der Waals surface area (Å²) in [6.45, 7) is 0.232. The maximum absolute atomic E-state index is 12.3. The van der Waals surface area contributed by atoms with Crippen LogP contribution < -0.4 is 16.0 Å². The fraction of sp³-hybridized carbons (Fsp3) is 0.167. The molecule has 0 radical (unpaired) electrons. The van der Waals surface area contributed by atoms with Crippen LogP contribution in [0.4, 0.5) is 5.82 Å². The van der Waals surface area contributed by atoms with Gasteiger partial charge in [-0.25, -0.2) is 24.0 Å². The number of nitrogens with two attached hydrogens (primary N) is 1. The summed E-state index contributed by atoms with van der Waals surface area (Å²) in [6, 6.07) is 6.93. The molecular weight excluding hydrogens is 358 g/mol. The van der Waals surface area contributed by atoms with Crippen LogP contribution in [0.1, 0.15) is 5.69 Å². The Morgan fingerprint density at radius 3 is 2.76 bits per heavy atom. The summed E-state index contributed by atoms with van der Waals surface area (Å²) in [5.41, 5.74) is 3.08. The first-order valence-corrected chi connectivity index (χ1v) is 8.32. The van der Waals surface area contributed by atoms with E-state index in [9.17, 15) is 8.42 Å². The molecule has 112 valence electrons. The quantitative estimate of drug-likeness (QED) is 0.516. The van der Waals surface area contributed by atoms with Gasteiger partial charge in [0.25, 0.3) is 0 Å². The van der Waals surface area contributed by atoms with Crippen molar-refractivity contribution in [1.82, 2.24) is 14.7 Å². The average Bonchev–Trinajstić information content (AvgIpc) is 2.48. The number of aromatic nitrogens is 2. The van der Waals surface area contributed by atoms with Crippen LogP contribution in [0.2, 0.25) is 0 Å². The van der Waals surface area contributed by atoms with Crippen molar-refractivity contribution in [2.24, 2.45) is 5.84 Å². The van der Waals surface area contributed by atoms with E-state index < -0.39 is 10.0 Å². The van der Waals surface area contributed by atoms with Crippen LogP contribution in [0.25, 0.3) is 0 Å². The van der Waals surface area contributed by atoms with Crippen molar-refractivity contribution in [3.63, 3.8) is 0 Å². The minimum absolute atomic E-state index is 0.0135. The van der Waals surface area contributed by atoms with E-state index in [1.54, 1.807) is 12.3 Å². The van der Waals surface area contributed by atoms with Gasteiger partial charge in [-0.1, -0.05) is 6.07 Å². The number of hydrazine groups is 1. The number of sulfonamides is 1. The predicted molar refractivity (Wildman–Crippen MR) is 82.9 cm³/mol. The van der Waals surface area contributed by atoms with Gasteiger partial charge in [0.1, 0.15) is 4.90 Å². The molecule has 2 aromatic rings. The topological polar surface area (TPSA) is 110 Å². The third-order valence-corrected chi connectivity index (χ3v) is 4.55. The van der Waals surface area contributed by atoms with E-state index in [1.165, 1.54) is 12.3 Å². The standard InChI is InChI=1S/C12H14BrN5O2S/c13-9-7-11(12(18-14)16-8-9)21(19,20)17-6-4-10-3-1-2-5-15-10/h1-3,5,7-8,17H,4,6,14H2,(H,16,18). The fourth-order valence-electron chi connectivity index (χ4n) is 1.67. The van der Waals surface area contributed by atoms with Gasteiger partial charge in [-0.3, -0.25) is 4.98 Å². The molecule has 0 fully saturated rings. The zero-order valence-electron chi connectivity index (χ0n) is 11.0. The number of hydrogen-bond acceptors (Lipinski definition) is 6. The number of rotatable bonds is 6. The van der Waals surface area contributed by atoms with Crippen LogP contribution >= 0.6 is 15.9 Å². The number of nitrogens with one attached hydrogen (secondary N) is 2. The highest BCUT2D eigenvalue weighted by atomic mass is 79.9. The molecule has 0 aliphatic carbocycles. The summed E-state index contributed by atoms with van der Waals surface area (Å²) < 4.78 is 27.6. The van der Waals surface area contributed by atoms with Gasteiger partial charge in [0.2, 0.25) is 10.0 Å². The number of halogens is 1. The van der Waals surface area contributed by atoms with E-state index in [1.807, 2.05) is 12.1 Å². The Kier molecular flexibility index (Phi) is 5.23. The van der Waals surface area contributed by atoms with Crippen LogP contribution in [-0.4, -0.2) is 24.9 Å². The van der Waals surface area contributed by atoms with Gasteiger partial charge in [0.05, 0.1) is 0 Å². The molecule has 0 saturated carbocycles. The highest BCUT2D eigenvalue weighted by Gasteiger charge is 2.19. The highest BCUT2D eigenvalue weighted by Crippen LogP contribution is 2.21. The smallest absolute Gasteiger partial charge is 0.244 e. The second-order valence-corrected chi connectivity index (χ2v) is 6.76. The molecule has 0 unspecified atom stereocenters. The Morgan fingerprint density at radius 1 is 1.29 bits per heavy atom. The normalized spacial score (nSPS) is 11.3. The Bertz CT molecular complexity index is 709. The first-order chi connectivity index (χ1) is 10.0. The number of anilines is 1. The molecule has 7 nitrogen and oxygen atoms in total. The molecule has 2 heterocycles. The molecule has 0 amide bonds. The molecule has 0 aliphatic heterocycles. The molecule has 0 bridgehead atoms. The molecule has 4 N–H and O–H groups in total. The highest BCUT2D eigenvalue weighted by molar-refractivity contribution is 9.10. The zero-order chi connectivity index (χ0) is 15.3. The number of nitrogens with zero attached hydrogens (tertiary/aromatic N) is 2. The molecule has 0 spiro atoms. The predicted octanol–water partition coefficient (Wildman–Crippen LogP) is 1.05. The van der Waals surface area contributed by atoms with Crippen LogP contribution in [0, 0.1) is 0 Å². The van der Waals surface area contributed by atoms with Gasteiger partial charge in [-0.15, -0.1) is 0 Å². The van der Waals surface area contributed by atoms with E-state index in [0.29, 0.717) is 10.9 Å². The maximum atomic E-state index is 12.3. The van der Waals surface area contributed by atoms with Gasteiger partial charge in [0, 0.05) is 35.5 Å². The van der Waals surface area contributed by atoms with Crippen LogP contribution in [0.15, 0.2) is 46.0 Å². The molecule has 0 aromatic carbocycles. The second kappa shape index (κ2) is 6.94. The lowest BCUT2D eigenvalue weighted by atomic mass is 10.3. The number of hydrogen-bond donors (Lipinski definition) is 3. The molecule has 0 saturated heterocycles. The first kappa shape index (κ1) is 15.8. The number of nitrogen functional groups attached to an aromatic ring is 1. The van der Waals surface area contributed by atoms with Crippen molar-refractivity contribution >= 4 is 31.8 Å². The monoisotopic (exact) mass is 371 g/mol. The van der Waals surface area contributed by atoms with Crippen molar-refractivity contribution in [3.05, 3.63) is 46.8 Å². The number of pyridine rings is 2. The van der Waals surface area contributed by atoms with Crippen molar-refractivity contribution in [2.75, 3.05) is 12.0 Å². The minimum atomic E-state index is -3.71. The van der Waals surface area contributed by atoms with Crippen molar-refractivity contribution in [1.29, 1.82) is 0 Å². The molecule has 21 heavy (non-hydrogen) atoms. The van der Waals surface area contributed by atoms with E-state index >= 15 is 0 Å². The van der Waals surface area contributed by atoms with Crippen molar-refractivity contribution in [3.8, 4) is 0 Å².